The molecule has 2 bridgehead atoms. The zero-order valence-corrected chi connectivity index (χ0v) is 13.4. The number of nitrogens with zero attached hydrogens (tertiary/aromatic N) is 3. The molecule has 4 rings (SSSR count). The summed E-state index contributed by atoms with van der Waals surface area (Å²) in [5, 5.41) is 2.65. The van der Waals surface area contributed by atoms with Crippen LogP contribution < -0.4 is 15.3 Å². The molecule has 1 aromatic heterocycles. The van der Waals surface area contributed by atoms with Gasteiger partial charge in [0.2, 0.25) is 0 Å². The Morgan fingerprint density at radius 3 is 2.84 bits per heavy atom. The smallest absolute Gasteiger partial charge is 0.163 e. The Morgan fingerprint density at radius 2 is 1.84 bits per heavy atom. The van der Waals surface area contributed by atoms with Crippen molar-refractivity contribution in [1.82, 2.24) is 9.97 Å². The molecule has 0 saturated heterocycles. The molecule has 0 saturated carbocycles. The average Bonchev–Trinajstić information content (AvgIpc) is 2.65. The molecule has 2 aromatic carbocycles. The standard InChI is InChI=1S/C20H15N3O2/c1-2-6-18-15(5-1)9-12-24-10-3-4-11-25-16-7-8-19-17(13-16)20(23-18)22-14-21-19/h1-11,13-14H,12H2/b10-3?,11-4?,15-9-,23-18?. The Hall–Kier alpha value is -3.47. The van der Waals surface area contributed by atoms with E-state index >= 15 is 0 Å². The molecule has 0 fully saturated rings. The number of fused-ring (bicyclic) bond motifs is 2. The van der Waals surface area contributed by atoms with Gasteiger partial charge in [-0.15, -0.1) is 0 Å². The van der Waals surface area contributed by atoms with Crippen LogP contribution in [0.15, 0.2) is 78.5 Å². The monoisotopic (exact) mass is 329 g/mol. The summed E-state index contributed by atoms with van der Waals surface area (Å²) >= 11 is 0. The van der Waals surface area contributed by atoms with Gasteiger partial charge in [0.1, 0.15) is 18.7 Å². The van der Waals surface area contributed by atoms with Crippen LogP contribution in [0.3, 0.4) is 0 Å². The van der Waals surface area contributed by atoms with E-state index in [0.29, 0.717) is 18.2 Å². The molecule has 3 aromatic rings. The average molecular weight is 329 g/mol. The largest absolute Gasteiger partial charge is 0.497 e. The summed E-state index contributed by atoms with van der Waals surface area (Å²) in [6.07, 6.45) is 10.3. The van der Waals surface area contributed by atoms with Crippen LogP contribution in [0.25, 0.3) is 17.0 Å². The Kier molecular flexibility index (Phi) is 4.20. The Labute approximate surface area is 144 Å². The highest BCUT2D eigenvalue weighted by Gasteiger charge is 2.04. The molecule has 0 unspecified atom stereocenters. The van der Waals surface area contributed by atoms with E-state index in [2.05, 4.69) is 9.97 Å². The van der Waals surface area contributed by atoms with E-state index in [1.54, 1.807) is 24.7 Å². The third-order valence-corrected chi connectivity index (χ3v) is 3.72. The van der Waals surface area contributed by atoms with Gasteiger partial charge < -0.3 is 9.47 Å². The van der Waals surface area contributed by atoms with E-state index in [0.717, 1.165) is 21.5 Å². The van der Waals surface area contributed by atoms with Crippen molar-refractivity contribution in [3.05, 3.63) is 84.0 Å². The third kappa shape index (κ3) is 3.40. The van der Waals surface area contributed by atoms with Gasteiger partial charge in [-0.3, -0.25) is 0 Å². The van der Waals surface area contributed by atoms with Gasteiger partial charge in [-0.1, -0.05) is 18.2 Å². The number of hydrogen-bond acceptors (Lipinski definition) is 5. The van der Waals surface area contributed by atoms with Crippen LogP contribution in [0.1, 0.15) is 0 Å². The first-order valence-electron chi connectivity index (χ1n) is 7.89. The van der Waals surface area contributed by atoms with Crippen LogP contribution in [0.5, 0.6) is 5.75 Å². The van der Waals surface area contributed by atoms with E-state index < -0.39 is 0 Å². The molecule has 2 heterocycles. The van der Waals surface area contributed by atoms with Gasteiger partial charge >= 0.3 is 0 Å². The molecule has 1 aliphatic rings. The maximum atomic E-state index is 5.62. The fourth-order valence-corrected chi connectivity index (χ4v) is 2.52. The number of allylic oxidation sites excluding steroid dienone is 2. The van der Waals surface area contributed by atoms with E-state index in [1.165, 1.54) is 6.33 Å². The second kappa shape index (κ2) is 6.97. The van der Waals surface area contributed by atoms with Crippen molar-refractivity contribution >= 4 is 22.8 Å². The first-order chi connectivity index (χ1) is 12.4. The molecule has 1 aliphatic heterocycles. The van der Waals surface area contributed by atoms with Crippen LogP contribution in [-0.2, 0) is 4.74 Å². The van der Waals surface area contributed by atoms with Crippen LogP contribution in [0.4, 0.5) is 5.82 Å². The molecule has 5 nitrogen and oxygen atoms in total. The van der Waals surface area contributed by atoms with Crippen LogP contribution >= 0.6 is 0 Å². The highest BCUT2D eigenvalue weighted by molar-refractivity contribution is 5.88. The van der Waals surface area contributed by atoms with Gasteiger partial charge in [-0.05, 0) is 47.7 Å². The van der Waals surface area contributed by atoms with Crippen LogP contribution in [0.2, 0.25) is 0 Å². The van der Waals surface area contributed by atoms with Gasteiger partial charge in [0.05, 0.1) is 23.4 Å². The maximum Gasteiger partial charge on any atom is 0.163 e. The minimum atomic E-state index is 0.449. The summed E-state index contributed by atoms with van der Waals surface area (Å²) in [6, 6.07) is 13.5. The van der Waals surface area contributed by atoms with Crippen LogP contribution in [-0.4, -0.2) is 16.6 Å². The molecule has 25 heavy (non-hydrogen) atoms. The summed E-state index contributed by atoms with van der Waals surface area (Å²) in [4.78, 5) is 13.4. The number of rotatable bonds is 0. The third-order valence-electron chi connectivity index (χ3n) is 3.72. The second-order valence-corrected chi connectivity index (χ2v) is 5.36. The molecule has 0 aliphatic carbocycles. The highest BCUT2D eigenvalue weighted by atomic mass is 16.5. The predicted octanol–water partition coefficient (Wildman–Crippen LogP) is 2.80. The minimum absolute atomic E-state index is 0.449. The van der Waals surface area contributed by atoms with Gasteiger partial charge in [-0.2, -0.15) is 0 Å². The lowest BCUT2D eigenvalue weighted by Crippen LogP contribution is -2.24. The zero-order chi connectivity index (χ0) is 16.9. The molecular weight excluding hydrogens is 314 g/mol. The molecule has 0 radical (unpaired) electrons. The SMILES string of the molecule is C1=COC/C=c2/ccccc2=Nc2ncnc3ccc(cc23)OC=C1. The second-order valence-electron chi connectivity index (χ2n) is 5.36. The van der Waals surface area contributed by atoms with Crippen molar-refractivity contribution in [3.63, 3.8) is 0 Å². The Bertz CT molecular complexity index is 1090. The summed E-state index contributed by atoms with van der Waals surface area (Å²) < 4.78 is 11.1. The molecule has 122 valence electrons. The zero-order valence-electron chi connectivity index (χ0n) is 13.4. The number of benzene rings is 2. The van der Waals surface area contributed by atoms with Crippen molar-refractivity contribution in [2.24, 2.45) is 4.99 Å². The van der Waals surface area contributed by atoms with E-state index in [1.807, 2.05) is 48.5 Å². The summed E-state index contributed by atoms with van der Waals surface area (Å²) in [5.41, 5.74) is 0.819. The molecule has 0 amide bonds. The first kappa shape index (κ1) is 15.1. The van der Waals surface area contributed by atoms with Crippen molar-refractivity contribution < 1.29 is 9.47 Å². The van der Waals surface area contributed by atoms with Gasteiger partial charge in [-0.25, -0.2) is 15.0 Å². The van der Waals surface area contributed by atoms with Crippen molar-refractivity contribution in [2.45, 2.75) is 0 Å². The van der Waals surface area contributed by atoms with Gasteiger partial charge in [0.25, 0.3) is 0 Å². The molecule has 0 N–H and O–H groups in total. The fourth-order valence-electron chi connectivity index (χ4n) is 2.52. The maximum absolute atomic E-state index is 5.62. The minimum Gasteiger partial charge on any atom is -0.497 e. The molecule has 5 heteroatoms. The first-order valence-corrected chi connectivity index (χ1v) is 7.89. The van der Waals surface area contributed by atoms with Crippen molar-refractivity contribution in [1.29, 1.82) is 0 Å². The Morgan fingerprint density at radius 1 is 0.920 bits per heavy atom. The molecule has 0 atom stereocenters. The van der Waals surface area contributed by atoms with E-state index in [9.17, 15) is 0 Å². The number of para-hydroxylation sites is 1. The lowest BCUT2D eigenvalue weighted by Gasteiger charge is -2.04. The molecular formula is C20H15N3O2. The van der Waals surface area contributed by atoms with E-state index in [-0.39, 0.29) is 0 Å². The van der Waals surface area contributed by atoms with E-state index in [4.69, 9.17) is 14.5 Å². The summed E-state index contributed by atoms with van der Waals surface area (Å²) in [6.45, 7) is 0.449. The number of aromatic nitrogens is 2. The highest BCUT2D eigenvalue weighted by Crippen LogP contribution is 2.25. The topological polar surface area (TPSA) is 56.6 Å². The number of hydrogen-bond donors (Lipinski definition) is 0. The lowest BCUT2D eigenvalue weighted by atomic mass is 10.2. The normalized spacial score (nSPS) is 15.0. The molecule has 0 spiro atoms. The lowest BCUT2D eigenvalue weighted by molar-refractivity contribution is 0.300. The Balaban J connectivity index is 1.98. The van der Waals surface area contributed by atoms with Crippen molar-refractivity contribution in [3.8, 4) is 5.75 Å². The predicted molar refractivity (Wildman–Crippen MR) is 95.7 cm³/mol. The summed E-state index contributed by atoms with van der Waals surface area (Å²) in [7, 11) is 0. The fraction of sp³-hybridized carbons (Fsp3) is 0.0500. The number of ether oxygens (including phenoxy) is 2. The van der Waals surface area contributed by atoms with Gasteiger partial charge in [0.15, 0.2) is 5.82 Å². The quantitative estimate of drug-likeness (QED) is 0.636. The summed E-state index contributed by atoms with van der Waals surface area (Å²) in [5.74, 6) is 1.30. The van der Waals surface area contributed by atoms with Gasteiger partial charge in [0, 0.05) is 5.39 Å². The van der Waals surface area contributed by atoms with Crippen LogP contribution in [0, 0.1) is 0 Å². The van der Waals surface area contributed by atoms with Crippen molar-refractivity contribution in [2.75, 3.05) is 6.61 Å².